The van der Waals surface area contributed by atoms with Crippen molar-refractivity contribution in [2.45, 2.75) is 20.4 Å². The average molecular weight is 215 g/mol. The molecular formula is C14H17NO. The molecular weight excluding hydrogens is 198 g/mol. The van der Waals surface area contributed by atoms with Gasteiger partial charge in [0.05, 0.1) is 6.54 Å². The van der Waals surface area contributed by atoms with Crippen molar-refractivity contribution in [3.05, 3.63) is 47.7 Å². The van der Waals surface area contributed by atoms with E-state index in [9.17, 15) is 0 Å². The van der Waals surface area contributed by atoms with Gasteiger partial charge in [0.2, 0.25) is 0 Å². The van der Waals surface area contributed by atoms with Gasteiger partial charge >= 0.3 is 0 Å². The van der Waals surface area contributed by atoms with E-state index in [4.69, 9.17) is 4.42 Å². The summed E-state index contributed by atoms with van der Waals surface area (Å²) in [5.74, 6) is 1.94. The minimum atomic E-state index is 0.794. The quantitative estimate of drug-likeness (QED) is 0.846. The van der Waals surface area contributed by atoms with Crippen molar-refractivity contribution in [1.29, 1.82) is 0 Å². The second kappa shape index (κ2) is 4.99. The Morgan fingerprint density at radius 3 is 2.69 bits per heavy atom. The SMILES string of the molecule is CCNCc1ccc(-c2ccccc2C)o1. The van der Waals surface area contributed by atoms with E-state index in [1.54, 1.807) is 0 Å². The van der Waals surface area contributed by atoms with Crippen LogP contribution in [-0.4, -0.2) is 6.54 Å². The molecule has 0 aliphatic carbocycles. The fourth-order valence-corrected chi connectivity index (χ4v) is 1.72. The third kappa shape index (κ3) is 2.34. The molecule has 0 unspecified atom stereocenters. The van der Waals surface area contributed by atoms with Crippen molar-refractivity contribution in [1.82, 2.24) is 5.32 Å². The predicted octanol–water partition coefficient (Wildman–Crippen LogP) is 3.36. The molecule has 0 amide bonds. The van der Waals surface area contributed by atoms with Gasteiger partial charge in [-0.05, 0) is 31.2 Å². The van der Waals surface area contributed by atoms with E-state index in [0.717, 1.165) is 24.6 Å². The third-order valence-electron chi connectivity index (χ3n) is 2.62. The van der Waals surface area contributed by atoms with Crippen LogP contribution < -0.4 is 5.32 Å². The summed E-state index contributed by atoms with van der Waals surface area (Å²) < 4.78 is 5.79. The van der Waals surface area contributed by atoms with Crippen molar-refractivity contribution in [3.8, 4) is 11.3 Å². The molecule has 1 N–H and O–H groups in total. The third-order valence-corrected chi connectivity index (χ3v) is 2.62. The number of aryl methyl sites for hydroxylation is 1. The van der Waals surface area contributed by atoms with Crippen molar-refractivity contribution in [2.24, 2.45) is 0 Å². The van der Waals surface area contributed by atoms with E-state index in [1.165, 1.54) is 11.1 Å². The van der Waals surface area contributed by atoms with E-state index in [1.807, 2.05) is 24.3 Å². The van der Waals surface area contributed by atoms with Gasteiger partial charge in [0.25, 0.3) is 0 Å². The van der Waals surface area contributed by atoms with Crippen LogP contribution in [0.1, 0.15) is 18.2 Å². The molecule has 0 saturated heterocycles. The van der Waals surface area contributed by atoms with E-state index < -0.39 is 0 Å². The number of hydrogen-bond acceptors (Lipinski definition) is 2. The lowest BCUT2D eigenvalue weighted by atomic mass is 10.1. The van der Waals surface area contributed by atoms with Crippen LogP contribution >= 0.6 is 0 Å². The molecule has 0 saturated carbocycles. The molecule has 0 aliphatic heterocycles. The summed E-state index contributed by atoms with van der Waals surface area (Å²) in [5.41, 5.74) is 2.41. The Morgan fingerprint density at radius 2 is 1.94 bits per heavy atom. The molecule has 16 heavy (non-hydrogen) atoms. The van der Waals surface area contributed by atoms with Gasteiger partial charge in [-0.15, -0.1) is 0 Å². The molecule has 0 atom stereocenters. The lowest BCUT2D eigenvalue weighted by Gasteiger charge is -2.01. The van der Waals surface area contributed by atoms with Crippen LogP contribution in [0.5, 0.6) is 0 Å². The van der Waals surface area contributed by atoms with E-state index in [2.05, 4.69) is 31.3 Å². The molecule has 2 heteroatoms. The molecule has 84 valence electrons. The molecule has 2 nitrogen and oxygen atoms in total. The van der Waals surface area contributed by atoms with Gasteiger partial charge in [0.1, 0.15) is 11.5 Å². The first kappa shape index (κ1) is 11.0. The summed E-state index contributed by atoms with van der Waals surface area (Å²) in [4.78, 5) is 0. The lowest BCUT2D eigenvalue weighted by Crippen LogP contribution is -2.10. The topological polar surface area (TPSA) is 25.2 Å². The fraction of sp³-hybridized carbons (Fsp3) is 0.286. The maximum Gasteiger partial charge on any atom is 0.134 e. The molecule has 1 heterocycles. The van der Waals surface area contributed by atoms with E-state index in [0.29, 0.717) is 0 Å². The lowest BCUT2D eigenvalue weighted by molar-refractivity contribution is 0.498. The van der Waals surface area contributed by atoms with Crippen LogP contribution in [-0.2, 0) is 6.54 Å². The van der Waals surface area contributed by atoms with Crippen LogP contribution in [0.3, 0.4) is 0 Å². The first-order valence-electron chi connectivity index (χ1n) is 5.66. The second-order valence-electron chi connectivity index (χ2n) is 3.86. The molecule has 0 aliphatic rings. The monoisotopic (exact) mass is 215 g/mol. The van der Waals surface area contributed by atoms with Crippen LogP contribution in [0.2, 0.25) is 0 Å². The number of nitrogens with one attached hydrogen (secondary N) is 1. The van der Waals surface area contributed by atoms with Gasteiger partial charge in [0.15, 0.2) is 0 Å². The van der Waals surface area contributed by atoms with Crippen LogP contribution in [0.15, 0.2) is 40.8 Å². The smallest absolute Gasteiger partial charge is 0.134 e. The minimum absolute atomic E-state index is 0.794. The zero-order chi connectivity index (χ0) is 11.4. The maximum atomic E-state index is 5.79. The van der Waals surface area contributed by atoms with Gasteiger partial charge in [-0.1, -0.05) is 31.2 Å². The first-order valence-corrected chi connectivity index (χ1v) is 5.66. The Kier molecular flexibility index (Phi) is 3.42. The summed E-state index contributed by atoms with van der Waals surface area (Å²) >= 11 is 0. The Balaban J connectivity index is 2.22. The highest BCUT2D eigenvalue weighted by molar-refractivity contribution is 5.61. The molecule has 0 bridgehead atoms. The largest absolute Gasteiger partial charge is 0.460 e. The zero-order valence-electron chi connectivity index (χ0n) is 9.79. The van der Waals surface area contributed by atoms with E-state index >= 15 is 0 Å². The van der Waals surface area contributed by atoms with Gasteiger partial charge in [0, 0.05) is 5.56 Å². The van der Waals surface area contributed by atoms with Gasteiger partial charge in [-0.2, -0.15) is 0 Å². The van der Waals surface area contributed by atoms with Crippen LogP contribution in [0.25, 0.3) is 11.3 Å². The molecule has 1 aromatic carbocycles. The molecule has 2 aromatic rings. The fourth-order valence-electron chi connectivity index (χ4n) is 1.72. The highest BCUT2D eigenvalue weighted by Crippen LogP contribution is 2.25. The van der Waals surface area contributed by atoms with Crippen molar-refractivity contribution < 1.29 is 4.42 Å². The number of rotatable bonds is 4. The Hall–Kier alpha value is -1.54. The number of hydrogen-bond donors (Lipinski definition) is 1. The summed E-state index contributed by atoms with van der Waals surface area (Å²) in [6.07, 6.45) is 0. The van der Waals surface area contributed by atoms with Gasteiger partial charge in [-0.3, -0.25) is 0 Å². The average Bonchev–Trinajstić information content (AvgIpc) is 2.75. The molecule has 2 rings (SSSR count). The molecule has 0 fully saturated rings. The highest BCUT2D eigenvalue weighted by atomic mass is 16.3. The maximum absolute atomic E-state index is 5.79. The summed E-state index contributed by atoms with van der Waals surface area (Å²) in [6, 6.07) is 12.3. The Bertz CT molecular complexity index is 459. The summed E-state index contributed by atoms with van der Waals surface area (Å²) in [6.45, 7) is 5.94. The summed E-state index contributed by atoms with van der Waals surface area (Å²) in [7, 11) is 0. The number of benzene rings is 1. The van der Waals surface area contributed by atoms with Gasteiger partial charge in [-0.25, -0.2) is 0 Å². The Labute approximate surface area is 96.3 Å². The van der Waals surface area contributed by atoms with Crippen LogP contribution in [0, 0.1) is 6.92 Å². The van der Waals surface area contributed by atoms with Gasteiger partial charge < -0.3 is 9.73 Å². The standard InChI is InChI=1S/C14H17NO/c1-3-15-10-12-8-9-14(16-12)13-7-5-4-6-11(13)2/h4-9,15H,3,10H2,1-2H3. The van der Waals surface area contributed by atoms with Crippen molar-refractivity contribution in [3.63, 3.8) is 0 Å². The first-order chi connectivity index (χ1) is 7.81. The second-order valence-corrected chi connectivity index (χ2v) is 3.86. The van der Waals surface area contributed by atoms with Crippen molar-refractivity contribution in [2.75, 3.05) is 6.54 Å². The molecule has 1 aromatic heterocycles. The minimum Gasteiger partial charge on any atom is -0.460 e. The number of furan rings is 1. The van der Waals surface area contributed by atoms with Crippen molar-refractivity contribution >= 4 is 0 Å². The predicted molar refractivity (Wildman–Crippen MR) is 66.3 cm³/mol. The Morgan fingerprint density at radius 1 is 1.12 bits per heavy atom. The zero-order valence-corrected chi connectivity index (χ0v) is 9.79. The van der Waals surface area contributed by atoms with Crippen LogP contribution in [0.4, 0.5) is 0 Å². The molecule has 0 radical (unpaired) electrons. The molecule has 0 spiro atoms. The van der Waals surface area contributed by atoms with E-state index in [-0.39, 0.29) is 0 Å². The summed E-state index contributed by atoms with van der Waals surface area (Å²) in [5, 5.41) is 3.25. The highest BCUT2D eigenvalue weighted by Gasteiger charge is 2.06. The normalized spacial score (nSPS) is 10.6.